The molecule has 7 heteroatoms. The van der Waals surface area contributed by atoms with Crippen LogP contribution in [-0.4, -0.2) is 62.8 Å². The smallest absolute Gasteiger partial charge is 0.229 e. The van der Waals surface area contributed by atoms with Gasteiger partial charge in [0.1, 0.15) is 35.9 Å². The van der Waals surface area contributed by atoms with E-state index in [1.165, 1.54) is 0 Å². The number of hydrogen-bond acceptors (Lipinski definition) is 7. The van der Waals surface area contributed by atoms with Gasteiger partial charge in [-0.15, -0.1) is 6.58 Å². The van der Waals surface area contributed by atoms with Gasteiger partial charge in [0.15, 0.2) is 0 Å². The van der Waals surface area contributed by atoms with Crippen LogP contribution in [0.3, 0.4) is 0 Å². The molecule has 1 fully saturated rings. The molecule has 1 aliphatic rings. The summed E-state index contributed by atoms with van der Waals surface area (Å²) in [7, 11) is 0. The summed E-state index contributed by atoms with van der Waals surface area (Å²) in [5.74, 6) is 0.552. The zero-order valence-electron chi connectivity index (χ0n) is 16.3. The monoisotopic (exact) mass is 414 g/mol. The third-order valence-corrected chi connectivity index (χ3v) is 5.01. The molecule has 30 heavy (non-hydrogen) atoms. The highest BCUT2D eigenvalue weighted by Crippen LogP contribution is 2.27. The summed E-state index contributed by atoms with van der Waals surface area (Å²) >= 11 is 0. The zero-order valence-corrected chi connectivity index (χ0v) is 16.3. The fraction of sp³-hybridized carbons (Fsp3) is 0.304. The van der Waals surface area contributed by atoms with Gasteiger partial charge in [0.05, 0.1) is 6.61 Å². The Kier molecular flexibility index (Phi) is 7.25. The summed E-state index contributed by atoms with van der Waals surface area (Å²) < 4.78 is 11.0. The molecule has 5 N–H and O–H groups in total. The van der Waals surface area contributed by atoms with Crippen molar-refractivity contribution in [2.75, 3.05) is 6.61 Å². The topological polar surface area (TPSA) is 120 Å². The summed E-state index contributed by atoms with van der Waals surface area (Å²) in [5, 5.41) is 48.4. The Balaban J connectivity index is 1.67. The van der Waals surface area contributed by atoms with Gasteiger partial charge in [0.25, 0.3) is 0 Å². The van der Waals surface area contributed by atoms with Gasteiger partial charge in [-0.2, -0.15) is 0 Å². The summed E-state index contributed by atoms with van der Waals surface area (Å²) in [4.78, 5) is 0. The number of allylic oxidation sites excluding steroid dienone is 2. The molecule has 0 aromatic heterocycles. The van der Waals surface area contributed by atoms with Gasteiger partial charge in [-0.3, -0.25) is 0 Å². The van der Waals surface area contributed by atoms with Crippen LogP contribution in [0.5, 0.6) is 11.5 Å². The second-order valence-corrected chi connectivity index (χ2v) is 7.10. The third-order valence-electron chi connectivity index (χ3n) is 5.01. The van der Waals surface area contributed by atoms with Crippen LogP contribution in [-0.2, 0) is 4.74 Å². The fourth-order valence-electron chi connectivity index (χ4n) is 3.19. The van der Waals surface area contributed by atoms with Gasteiger partial charge in [-0.05, 0) is 35.4 Å². The van der Waals surface area contributed by atoms with Gasteiger partial charge in [0, 0.05) is 5.92 Å². The molecule has 0 bridgehead atoms. The second kappa shape index (κ2) is 9.88. The van der Waals surface area contributed by atoms with E-state index in [1.54, 1.807) is 30.3 Å². The lowest BCUT2D eigenvalue weighted by Crippen LogP contribution is -2.60. The van der Waals surface area contributed by atoms with E-state index in [1.807, 2.05) is 36.4 Å². The quantitative estimate of drug-likeness (QED) is 0.436. The van der Waals surface area contributed by atoms with E-state index >= 15 is 0 Å². The van der Waals surface area contributed by atoms with Crippen molar-refractivity contribution in [3.63, 3.8) is 0 Å². The molecule has 1 saturated heterocycles. The molecule has 7 nitrogen and oxygen atoms in total. The first-order chi connectivity index (χ1) is 14.4. The fourth-order valence-corrected chi connectivity index (χ4v) is 3.19. The first kappa shape index (κ1) is 22.0. The van der Waals surface area contributed by atoms with Crippen molar-refractivity contribution in [2.45, 2.75) is 36.6 Å². The number of phenolic OH excluding ortho intramolecular Hbond substituents is 1. The molecule has 1 aliphatic heterocycles. The van der Waals surface area contributed by atoms with Crippen LogP contribution in [0.2, 0.25) is 0 Å². The number of ether oxygens (including phenoxy) is 2. The highest BCUT2D eigenvalue weighted by atomic mass is 16.7. The maximum Gasteiger partial charge on any atom is 0.229 e. The van der Waals surface area contributed by atoms with E-state index in [4.69, 9.17) is 9.47 Å². The van der Waals surface area contributed by atoms with Crippen LogP contribution < -0.4 is 4.74 Å². The molecule has 160 valence electrons. The number of hydrogen-bond donors (Lipinski definition) is 5. The van der Waals surface area contributed by atoms with E-state index in [2.05, 4.69) is 6.58 Å². The van der Waals surface area contributed by atoms with Gasteiger partial charge >= 0.3 is 0 Å². The standard InChI is InChI=1S/C23H26O7/c1-2-15(6-3-14-4-9-17(25)10-5-14)16-7-11-18(12-8-16)29-23-22(28)21(27)20(26)19(13-24)30-23/h2-12,15,19-28H,1,13H2. The van der Waals surface area contributed by atoms with Gasteiger partial charge in [-0.25, -0.2) is 0 Å². The normalized spacial score (nSPS) is 27.7. The van der Waals surface area contributed by atoms with Crippen molar-refractivity contribution >= 4 is 6.08 Å². The number of phenols is 1. The lowest BCUT2D eigenvalue weighted by Gasteiger charge is -2.39. The number of rotatable bonds is 7. The van der Waals surface area contributed by atoms with Crippen LogP contribution in [0.25, 0.3) is 6.08 Å². The van der Waals surface area contributed by atoms with E-state index < -0.39 is 37.3 Å². The largest absolute Gasteiger partial charge is 0.508 e. The second-order valence-electron chi connectivity index (χ2n) is 7.10. The van der Waals surface area contributed by atoms with E-state index in [0.29, 0.717) is 5.75 Å². The van der Waals surface area contributed by atoms with Crippen LogP contribution >= 0.6 is 0 Å². The van der Waals surface area contributed by atoms with Crippen molar-refractivity contribution in [1.29, 1.82) is 0 Å². The SMILES string of the molecule is C=CC(C=Cc1ccc(O)cc1)c1ccc(OC2OC(CO)C(O)C(O)C2O)cc1. The average Bonchev–Trinajstić information content (AvgIpc) is 2.76. The summed E-state index contributed by atoms with van der Waals surface area (Å²) in [6.07, 6.45) is -0.923. The maximum atomic E-state index is 10.1. The maximum absolute atomic E-state index is 10.1. The Labute approximate surface area is 174 Å². The molecule has 6 unspecified atom stereocenters. The molecule has 2 aromatic carbocycles. The van der Waals surface area contributed by atoms with Gasteiger partial charge in [-0.1, -0.05) is 42.5 Å². The van der Waals surface area contributed by atoms with Crippen molar-refractivity contribution in [3.8, 4) is 11.5 Å². The molecule has 0 aliphatic carbocycles. The summed E-state index contributed by atoms with van der Waals surface area (Å²) in [5.41, 5.74) is 1.91. The number of aromatic hydroxyl groups is 1. The number of benzene rings is 2. The Morgan fingerprint density at radius 3 is 2.23 bits per heavy atom. The molecule has 0 amide bonds. The predicted octanol–water partition coefficient (Wildman–Crippen LogP) is 1.55. The third kappa shape index (κ3) is 5.08. The summed E-state index contributed by atoms with van der Waals surface area (Å²) in [6.45, 7) is 3.36. The van der Waals surface area contributed by atoms with Crippen LogP contribution in [0.1, 0.15) is 17.0 Å². The molecule has 0 radical (unpaired) electrons. The molecule has 2 aromatic rings. The average molecular weight is 414 g/mol. The Hall–Kier alpha value is -2.68. The lowest BCUT2D eigenvalue weighted by molar-refractivity contribution is -0.277. The molecule has 0 saturated carbocycles. The summed E-state index contributed by atoms with van der Waals surface area (Å²) in [6, 6.07) is 13.9. The van der Waals surface area contributed by atoms with Crippen LogP contribution in [0.15, 0.2) is 67.3 Å². The molecular weight excluding hydrogens is 388 g/mol. The first-order valence-electron chi connectivity index (χ1n) is 9.60. The highest BCUT2D eigenvalue weighted by Gasteiger charge is 2.44. The van der Waals surface area contributed by atoms with E-state index in [0.717, 1.165) is 11.1 Å². The first-order valence-corrected chi connectivity index (χ1v) is 9.60. The Morgan fingerprint density at radius 2 is 1.63 bits per heavy atom. The van der Waals surface area contributed by atoms with Crippen LogP contribution in [0, 0.1) is 0 Å². The van der Waals surface area contributed by atoms with Gasteiger partial charge < -0.3 is 35.0 Å². The number of aliphatic hydroxyl groups excluding tert-OH is 4. The minimum absolute atomic E-state index is 0.0555. The van der Waals surface area contributed by atoms with Crippen LogP contribution in [0.4, 0.5) is 0 Å². The predicted molar refractivity (Wildman–Crippen MR) is 111 cm³/mol. The minimum Gasteiger partial charge on any atom is -0.508 e. The Bertz CT molecular complexity index is 845. The molecule has 6 atom stereocenters. The van der Waals surface area contributed by atoms with Crippen molar-refractivity contribution in [3.05, 3.63) is 78.4 Å². The van der Waals surface area contributed by atoms with Crippen molar-refractivity contribution < 1.29 is 35.0 Å². The highest BCUT2D eigenvalue weighted by molar-refractivity contribution is 5.53. The van der Waals surface area contributed by atoms with E-state index in [-0.39, 0.29) is 11.7 Å². The molecule has 1 heterocycles. The molecule has 0 spiro atoms. The molecule has 3 rings (SSSR count). The van der Waals surface area contributed by atoms with Crippen molar-refractivity contribution in [2.24, 2.45) is 0 Å². The van der Waals surface area contributed by atoms with Crippen molar-refractivity contribution in [1.82, 2.24) is 0 Å². The molecular formula is C23H26O7. The number of aliphatic hydroxyl groups is 4. The van der Waals surface area contributed by atoms with Gasteiger partial charge in [0.2, 0.25) is 6.29 Å². The lowest BCUT2D eigenvalue weighted by atomic mass is 9.97. The zero-order chi connectivity index (χ0) is 21.7. The minimum atomic E-state index is -1.49. The Morgan fingerprint density at radius 1 is 0.967 bits per heavy atom. The van der Waals surface area contributed by atoms with E-state index in [9.17, 15) is 25.5 Å².